The molecule has 3 aromatic rings. The zero-order valence-electron chi connectivity index (χ0n) is 21.7. The highest BCUT2D eigenvalue weighted by Crippen LogP contribution is 2.45. The van der Waals surface area contributed by atoms with Crippen LogP contribution in [-0.4, -0.2) is 24.2 Å². The number of aryl methyl sites for hydroxylation is 1. The summed E-state index contributed by atoms with van der Waals surface area (Å²) in [7, 11) is 0. The number of nitrogens with one attached hydrogen (secondary N) is 2. The van der Waals surface area contributed by atoms with E-state index in [2.05, 4.69) is 23.6 Å². The van der Waals surface area contributed by atoms with Crippen molar-refractivity contribution in [3.8, 4) is 6.07 Å². The number of nitrogens with zero attached hydrogens (tertiary/aromatic N) is 1. The zero-order chi connectivity index (χ0) is 27.8. The van der Waals surface area contributed by atoms with Crippen LogP contribution in [0.2, 0.25) is 5.02 Å². The third-order valence-corrected chi connectivity index (χ3v) is 7.58. The standard InChI is InChI=1S/C31H28ClN3O3S/c1-3-20-14-16-22(17-15-20)34-26(36)19-39-30-24(18-33)27(23-12-8-9-13-25(23)32)28(31(37)38-4-2)29(35-30)21-10-6-5-7-11-21/h5-17,27,35H,3-4,19H2,1-2H3,(H,34,36)/t27-/m0/s1. The fraction of sp³-hybridized carbons (Fsp3) is 0.194. The Labute approximate surface area is 237 Å². The minimum absolute atomic E-state index is 0.0507. The van der Waals surface area contributed by atoms with Gasteiger partial charge in [-0.25, -0.2) is 4.79 Å². The molecule has 198 valence electrons. The van der Waals surface area contributed by atoms with Gasteiger partial charge < -0.3 is 15.4 Å². The molecule has 2 N–H and O–H groups in total. The van der Waals surface area contributed by atoms with Gasteiger partial charge in [0.1, 0.15) is 0 Å². The number of esters is 1. The first-order chi connectivity index (χ1) is 19.0. The minimum Gasteiger partial charge on any atom is -0.463 e. The summed E-state index contributed by atoms with van der Waals surface area (Å²) in [6.45, 7) is 3.98. The molecule has 6 nitrogen and oxygen atoms in total. The van der Waals surface area contributed by atoms with E-state index in [0.717, 1.165) is 12.0 Å². The van der Waals surface area contributed by atoms with Gasteiger partial charge >= 0.3 is 5.97 Å². The van der Waals surface area contributed by atoms with Crippen molar-refractivity contribution in [2.75, 3.05) is 17.7 Å². The smallest absolute Gasteiger partial charge is 0.337 e. The Hall–Kier alpha value is -3.99. The number of halogens is 1. The van der Waals surface area contributed by atoms with Crippen LogP contribution < -0.4 is 10.6 Å². The van der Waals surface area contributed by atoms with Gasteiger partial charge in [-0.1, -0.05) is 91.0 Å². The number of dihydropyridines is 1. The molecule has 0 bridgehead atoms. The number of allylic oxidation sites excluding steroid dienone is 1. The maximum Gasteiger partial charge on any atom is 0.337 e. The van der Waals surface area contributed by atoms with E-state index in [4.69, 9.17) is 16.3 Å². The van der Waals surface area contributed by atoms with Gasteiger partial charge in [-0.2, -0.15) is 5.26 Å². The number of hydrogen-bond donors (Lipinski definition) is 2. The molecule has 1 aliphatic rings. The van der Waals surface area contributed by atoms with E-state index in [1.54, 1.807) is 25.1 Å². The van der Waals surface area contributed by atoms with Gasteiger partial charge in [-0.15, -0.1) is 0 Å². The number of rotatable bonds is 9. The zero-order valence-corrected chi connectivity index (χ0v) is 23.2. The van der Waals surface area contributed by atoms with Gasteiger partial charge in [-0.3, -0.25) is 4.79 Å². The second-order valence-corrected chi connectivity index (χ2v) is 10.1. The van der Waals surface area contributed by atoms with Gasteiger partial charge in [0.15, 0.2) is 0 Å². The number of benzene rings is 3. The van der Waals surface area contributed by atoms with Crippen LogP contribution in [0.1, 0.15) is 36.5 Å². The molecule has 1 heterocycles. The summed E-state index contributed by atoms with van der Waals surface area (Å²) in [5, 5.41) is 17.4. The molecule has 0 radical (unpaired) electrons. The molecule has 0 saturated heterocycles. The summed E-state index contributed by atoms with van der Waals surface area (Å²) in [6.07, 6.45) is 0.915. The molecular formula is C31H28ClN3O3S. The SMILES string of the molecule is CCOC(=O)C1=C(c2ccccc2)NC(SCC(=O)Nc2ccc(CC)cc2)=C(C#N)[C@@H]1c1ccccc1Cl. The monoisotopic (exact) mass is 557 g/mol. The van der Waals surface area contributed by atoms with Crippen molar-refractivity contribution in [2.24, 2.45) is 0 Å². The fourth-order valence-electron chi connectivity index (χ4n) is 4.34. The summed E-state index contributed by atoms with van der Waals surface area (Å²) in [5.74, 6) is -1.49. The Morgan fingerprint density at radius 1 is 1.03 bits per heavy atom. The summed E-state index contributed by atoms with van der Waals surface area (Å²) in [4.78, 5) is 26.2. The van der Waals surface area contributed by atoms with Crippen molar-refractivity contribution in [3.63, 3.8) is 0 Å². The molecule has 0 aromatic heterocycles. The van der Waals surface area contributed by atoms with E-state index >= 15 is 0 Å². The molecule has 1 atom stereocenters. The Morgan fingerprint density at radius 2 is 1.72 bits per heavy atom. The van der Waals surface area contributed by atoms with Crippen molar-refractivity contribution >= 4 is 46.6 Å². The number of nitriles is 1. The highest BCUT2D eigenvalue weighted by atomic mass is 35.5. The van der Waals surface area contributed by atoms with Crippen LogP contribution in [0.5, 0.6) is 0 Å². The molecule has 0 fully saturated rings. The summed E-state index contributed by atoms with van der Waals surface area (Å²) >= 11 is 7.81. The average Bonchev–Trinajstić information content (AvgIpc) is 2.96. The lowest BCUT2D eigenvalue weighted by molar-refractivity contribution is -0.138. The first-order valence-electron chi connectivity index (χ1n) is 12.6. The van der Waals surface area contributed by atoms with Crippen LogP contribution in [0.15, 0.2) is 95.0 Å². The third kappa shape index (κ3) is 6.54. The van der Waals surface area contributed by atoms with Gasteiger partial charge in [-0.05, 0) is 48.2 Å². The molecule has 0 spiro atoms. The number of ether oxygens (including phenoxy) is 1. The summed E-state index contributed by atoms with van der Waals surface area (Å²) in [5.41, 5.74) is 4.32. The molecule has 39 heavy (non-hydrogen) atoms. The fourth-order valence-corrected chi connectivity index (χ4v) is 5.42. The number of carbonyl (C=O) groups excluding carboxylic acids is 2. The minimum atomic E-state index is -0.786. The number of anilines is 1. The molecule has 0 saturated carbocycles. The molecule has 3 aromatic carbocycles. The van der Waals surface area contributed by atoms with Gasteiger partial charge in [0.05, 0.1) is 46.2 Å². The van der Waals surface area contributed by atoms with E-state index in [-0.39, 0.29) is 29.4 Å². The Balaban J connectivity index is 1.74. The van der Waals surface area contributed by atoms with Crippen LogP contribution in [0.4, 0.5) is 5.69 Å². The molecule has 1 aliphatic heterocycles. The van der Waals surface area contributed by atoms with E-state index in [9.17, 15) is 14.9 Å². The number of thioether (sulfide) groups is 1. The average molecular weight is 558 g/mol. The quantitative estimate of drug-likeness (QED) is 0.285. The van der Waals surface area contributed by atoms with Crippen molar-refractivity contribution in [3.05, 3.63) is 117 Å². The van der Waals surface area contributed by atoms with Crippen molar-refractivity contribution in [1.29, 1.82) is 5.26 Å². The predicted molar refractivity (Wildman–Crippen MR) is 157 cm³/mol. The van der Waals surface area contributed by atoms with Crippen LogP contribution >= 0.6 is 23.4 Å². The van der Waals surface area contributed by atoms with E-state index in [1.165, 1.54) is 17.3 Å². The molecule has 8 heteroatoms. The molecule has 1 amide bonds. The summed E-state index contributed by atoms with van der Waals surface area (Å²) in [6, 6.07) is 26.5. The largest absolute Gasteiger partial charge is 0.463 e. The number of hydrogen-bond acceptors (Lipinski definition) is 6. The van der Waals surface area contributed by atoms with E-state index < -0.39 is 11.9 Å². The lowest BCUT2D eigenvalue weighted by Gasteiger charge is -2.31. The van der Waals surface area contributed by atoms with Crippen LogP contribution in [0.25, 0.3) is 5.70 Å². The van der Waals surface area contributed by atoms with Gasteiger partial charge in [0.25, 0.3) is 0 Å². The van der Waals surface area contributed by atoms with Crippen LogP contribution in [0.3, 0.4) is 0 Å². The lowest BCUT2D eigenvalue weighted by Crippen LogP contribution is -2.30. The van der Waals surface area contributed by atoms with Gasteiger partial charge in [0, 0.05) is 10.7 Å². The predicted octanol–water partition coefficient (Wildman–Crippen LogP) is 6.67. The van der Waals surface area contributed by atoms with Crippen molar-refractivity contribution < 1.29 is 14.3 Å². The molecule has 0 aliphatic carbocycles. The molecule has 0 unspecified atom stereocenters. The second kappa shape index (κ2) is 13.2. The Morgan fingerprint density at radius 3 is 2.36 bits per heavy atom. The molecule has 4 rings (SSSR count). The van der Waals surface area contributed by atoms with Crippen molar-refractivity contribution in [2.45, 2.75) is 26.2 Å². The topological polar surface area (TPSA) is 91.2 Å². The number of amides is 1. The van der Waals surface area contributed by atoms with Crippen LogP contribution in [0, 0.1) is 11.3 Å². The van der Waals surface area contributed by atoms with Gasteiger partial charge in [0.2, 0.25) is 5.91 Å². The Bertz CT molecular complexity index is 1460. The first kappa shape index (κ1) is 28.0. The first-order valence-corrected chi connectivity index (χ1v) is 14.0. The maximum atomic E-state index is 13.4. The van der Waals surface area contributed by atoms with E-state index in [0.29, 0.717) is 27.0 Å². The van der Waals surface area contributed by atoms with Crippen LogP contribution in [-0.2, 0) is 20.7 Å². The maximum absolute atomic E-state index is 13.4. The summed E-state index contributed by atoms with van der Waals surface area (Å²) < 4.78 is 5.45. The lowest BCUT2D eigenvalue weighted by atomic mass is 9.81. The van der Waals surface area contributed by atoms with E-state index in [1.807, 2.05) is 60.7 Å². The van der Waals surface area contributed by atoms with Crippen molar-refractivity contribution in [1.82, 2.24) is 5.32 Å². The number of carbonyl (C=O) groups is 2. The normalized spacial score (nSPS) is 14.9. The molecular weight excluding hydrogens is 530 g/mol. The Kier molecular flexibility index (Phi) is 9.48. The third-order valence-electron chi connectivity index (χ3n) is 6.22. The highest BCUT2D eigenvalue weighted by molar-refractivity contribution is 8.03. The second-order valence-electron chi connectivity index (χ2n) is 8.70. The highest BCUT2D eigenvalue weighted by Gasteiger charge is 2.38.